The van der Waals surface area contributed by atoms with Crippen molar-refractivity contribution in [2.24, 2.45) is 0 Å². The van der Waals surface area contributed by atoms with Crippen molar-refractivity contribution in [1.29, 1.82) is 0 Å². The van der Waals surface area contributed by atoms with Gasteiger partial charge < -0.3 is 19.4 Å². The van der Waals surface area contributed by atoms with Gasteiger partial charge in [0.2, 0.25) is 17.7 Å². The first-order valence-corrected chi connectivity index (χ1v) is 9.35. The van der Waals surface area contributed by atoms with E-state index in [2.05, 4.69) is 36.4 Å². The fourth-order valence-electron chi connectivity index (χ4n) is 2.77. The number of benzene rings is 2. The van der Waals surface area contributed by atoms with Crippen LogP contribution in [0.15, 0.2) is 57.4 Å². The molecule has 2 N–H and O–H groups in total. The van der Waals surface area contributed by atoms with Crippen LogP contribution >= 0.6 is 15.9 Å². The number of aliphatic hydroxyl groups is 1. The average molecular weight is 428 g/mol. The SMILES string of the molecule is CC(O)CNc1nc2ccccc2n1Cc1nnc(-c2ccc(Br)cc2)o1. The molecule has 0 aliphatic carbocycles. The van der Waals surface area contributed by atoms with Crippen molar-refractivity contribution in [2.45, 2.75) is 19.6 Å². The number of hydrogen-bond acceptors (Lipinski definition) is 6. The Labute approximate surface area is 164 Å². The number of hydrogen-bond donors (Lipinski definition) is 2. The Morgan fingerprint density at radius 1 is 1.15 bits per heavy atom. The molecule has 0 amide bonds. The fourth-order valence-corrected chi connectivity index (χ4v) is 3.04. The molecule has 0 radical (unpaired) electrons. The number of nitrogens with one attached hydrogen (secondary N) is 1. The van der Waals surface area contributed by atoms with Gasteiger partial charge in [0.25, 0.3) is 0 Å². The van der Waals surface area contributed by atoms with Gasteiger partial charge in [0.1, 0.15) is 6.54 Å². The Morgan fingerprint density at radius 2 is 1.93 bits per heavy atom. The number of imidazole rings is 1. The first kappa shape index (κ1) is 17.7. The molecule has 8 heteroatoms. The van der Waals surface area contributed by atoms with Crippen LogP contribution < -0.4 is 5.32 Å². The molecule has 0 aliphatic heterocycles. The summed E-state index contributed by atoms with van der Waals surface area (Å²) in [4.78, 5) is 4.60. The molecule has 2 heterocycles. The van der Waals surface area contributed by atoms with Crippen LogP contribution in [0.3, 0.4) is 0 Å². The second-order valence-corrected chi connectivity index (χ2v) is 7.16. The van der Waals surface area contributed by atoms with Crippen molar-refractivity contribution in [3.63, 3.8) is 0 Å². The van der Waals surface area contributed by atoms with Crippen molar-refractivity contribution < 1.29 is 9.52 Å². The van der Waals surface area contributed by atoms with E-state index in [0.29, 0.717) is 30.8 Å². The Morgan fingerprint density at radius 3 is 2.70 bits per heavy atom. The van der Waals surface area contributed by atoms with Crippen LogP contribution in [0.4, 0.5) is 5.95 Å². The second kappa shape index (κ2) is 7.50. The van der Waals surface area contributed by atoms with Crippen LogP contribution in [-0.4, -0.2) is 37.5 Å². The number of fused-ring (bicyclic) bond motifs is 1. The number of aromatic nitrogens is 4. The van der Waals surface area contributed by atoms with Crippen molar-refractivity contribution in [1.82, 2.24) is 19.7 Å². The third-order valence-corrected chi connectivity index (χ3v) is 4.59. The molecular formula is C19H18BrN5O2. The zero-order valence-electron chi connectivity index (χ0n) is 14.6. The molecule has 4 aromatic rings. The Hall–Kier alpha value is -2.71. The van der Waals surface area contributed by atoms with Crippen molar-refractivity contribution in [3.8, 4) is 11.5 Å². The predicted octanol–water partition coefficient (Wildman–Crippen LogP) is 3.69. The largest absolute Gasteiger partial charge is 0.419 e. The van der Waals surface area contributed by atoms with E-state index in [0.717, 1.165) is 21.1 Å². The minimum absolute atomic E-state index is 0.381. The highest BCUT2D eigenvalue weighted by molar-refractivity contribution is 9.10. The summed E-state index contributed by atoms with van der Waals surface area (Å²) in [7, 11) is 0. The molecule has 0 spiro atoms. The van der Waals surface area contributed by atoms with E-state index in [1.807, 2.05) is 53.1 Å². The van der Waals surface area contributed by atoms with Gasteiger partial charge in [0.05, 0.1) is 17.1 Å². The van der Waals surface area contributed by atoms with Crippen LogP contribution in [0.25, 0.3) is 22.5 Å². The summed E-state index contributed by atoms with van der Waals surface area (Å²) in [6.45, 7) is 2.51. The number of rotatable bonds is 6. The number of nitrogens with zero attached hydrogens (tertiary/aromatic N) is 4. The fraction of sp³-hybridized carbons (Fsp3) is 0.211. The quantitative estimate of drug-likeness (QED) is 0.487. The summed E-state index contributed by atoms with van der Waals surface area (Å²) in [5.41, 5.74) is 2.67. The molecule has 27 heavy (non-hydrogen) atoms. The van der Waals surface area contributed by atoms with Crippen molar-refractivity contribution in [3.05, 3.63) is 58.9 Å². The van der Waals surface area contributed by atoms with Gasteiger partial charge in [-0.15, -0.1) is 10.2 Å². The van der Waals surface area contributed by atoms with Crippen LogP contribution in [0.5, 0.6) is 0 Å². The maximum atomic E-state index is 9.57. The van der Waals surface area contributed by atoms with Gasteiger partial charge in [-0.2, -0.15) is 0 Å². The highest BCUT2D eigenvalue weighted by atomic mass is 79.9. The molecule has 0 saturated carbocycles. The lowest BCUT2D eigenvalue weighted by atomic mass is 10.2. The Balaban J connectivity index is 1.64. The topological polar surface area (TPSA) is 89.0 Å². The average Bonchev–Trinajstić information content (AvgIpc) is 3.26. The predicted molar refractivity (Wildman–Crippen MR) is 106 cm³/mol. The maximum absolute atomic E-state index is 9.57. The molecule has 2 aromatic carbocycles. The van der Waals surface area contributed by atoms with E-state index in [1.54, 1.807) is 6.92 Å². The summed E-state index contributed by atoms with van der Waals surface area (Å²) in [5, 5.41) is 21.1. The summed E-state index contributed by atoms with van der Waals surface area (Å²) in [5.74, 6) is 1.61. The van der Waals surface area contributed by atoms with Crippen molar-refractivity contribution >= 4 is 32.9 Å². The molecule has 0 bridgehead atoms. The lowest BCUT2D eigenvalue weighted by molar-refractivity contribution is 0.208. The Kier molecular flexibility index (Phi) is 4.91. The molecule has 1 unspecified atom stereocenters. The van der Waals surface area contributed by atoms with Gasteiger partial charge >= 0.3 is 0 Å². The first-order valence-electron chi connectivity index (χ1n) is 8.55. The van der Waals surface area contributed by atoms with E-state index >= 15 is 0 Å². The second-order valence-electron chi connectivity index (χ2n) is 6.25. The standard InChI is InChI=1S/C19H18BrN5O2/c1-12(26)10-21-19-22-15-4-2-3-5-16(15)25(19)11-17-23-24-18(27-17)13-6-8-14(20)9-7-13/h2-9,12,26H,10-11H2,1H3,(H,21,22). The molecule has 0 aliphatic rings. The zero-order chi connectivity index (χ0) is 18.8. The molecule has 1 atom stereocenters. The van der Waals surface area contributed by atoms with E-state index in [4.69, 9.17) is 4.42 Å². The molecular weight excluding hydrogens is 410 g/mol. The van der Waals surface area contributed by atoms with Crippen LogP contribution in [-0.2, 0) is 6.54 Å². The highest BCUT2D eigenvalue weighted by Gasteiger charge is 2.15. The molecule has 0 saturated heterocycles. The number of anilines is 1. The normalized spacial score (nSPS) is 12.4. The van der Waals surface area contributed by atoms with E-state index in [1.165, 1.54) is 0 Å². The van der Waals surface area contributed by atoms with Gasteiger partial charge in [-0.25, -0.2) is 4.98 Å². The first-order chi connectivity index (χ1) is 13.1. The van der Waals surface area contributed by atoms with Gasteiger partial charge in [0, 0.05) is 16.6 Å². The highest BCUT2D eigenvalue weighted by Crippen LogP contribution is 2.24. The van der Waals surface area contributed by atoms with E-state index in [9.17, 15) is 5.11 Å². The van der Waals surface area contributed by atoms with Gasteiger partial charge in [-0.3, -0.25) is 0 Å². The molecule has 4 rings (SSSR count). The Bertz CT molecular complexity index is 1060. The zero-order valence-corrected chi connectivity index (χ0v) is 16.2. The van der Waals surface area contributed by atoms with E-state index in [-0.39, 0.29) is 0 Å². The van der Waals surface area contributed by atoms with Crippen molar-refractivity contribution in [2.75, 3.05) is 11.9 Å². The minimum Gasteiger partial charge on any atom is -0.419 e. The third kappa shape index (κ3) is 3.86. The summed E-state index contributed by atoms with van der Waals surface area (Å²) in [6.07, 6.45) is -0.481. The third-order valence-electron chi connectivity index (χ3n) is 4.06. The van der Waals surface area contributed by atoms with Crippen LogP contribution in [0, 0.1) is 0 Å². The molecule has 2 aromatic heterocycles. The number of aliphatic hydroxyl groups excluding tert-OH is 1. The van der Waals surface area contributed by atoms with Crippen LogP contribution in [0.1, 0.15) is 12.8 Å². The van der Waals surface area contributed by atoms with Crippen LogP contribution in [0.2, 0.25) is 0 Å². The van der Waals surface area contributed by atoms with E-state index < -0.39 is 6.10 Å². The van der Waals surface area contributed by atoms with Gasteiger partial charge in [-0.1, -0.05) is 28.1 Å². The van der Waals surface area contributed by atoms with Gasteiger partial charge in [0.15, 0.2) is 0 Å². The summed E-state index contributed by atoms with van der Waals surface area (Å²) >= 11 is 3.42. The molecule has 0 fully saturated rings. The van der Waals surface area contributed by atoms with Gasteiger partial charge in [-0.05, 0) is 43.3 Å². The minimum atomic E-state index is -0.481. The molecule has 138 valence electrons. The lowest BCUT2D eigenvalue weighted by Gasteiger charge is -2.10. The smallest absolute Gasteiger partial charge is 0.247 e. The monoisotopic (exact) mass is 427 g/mol. The summed E-state index contributed by atoms with van der Waals surface area (Å²) in [6, 6.07) is 15.5. The summed E-state index contributed by atoms with van der Waals surface area (Å²) < 4.78 is 8.81. The number of halogens is 1. The molecule has 7 nitrogen and oxygen atoms in total. The lowest BCUT2D eigenvalue weighted by Crippen LogP contribution is -2.18. The maximum Gasteiger partial charge on any atom is 0.247 e. The number of para-hydroxylation sites is 2.